The van der Waals surface area contributed by atoms with Crippen LogP contribution in [0.5, 0.6) is 0 Å². The predicted octanol–water partition coefficient (Wildman–Crippen LogP) is 3.07. The van der Waals surface area contributed by atoms with Gasteiger partial charge in [-0.25, -0.2) is 0 Å². The number of nitrogens with one attached hydrogen (secondary N) is 1. The SMILES string of the molecule is CCC(O)CCNC(Cc1cccc(C)c1)C1CC1. The average molecular weight is 261 g/mol. The molecule has 1 saturated carbocycles. The lowest BCUT2D eigenvalue weighted by molar-refractivity contribution is 0.158. The first-order chi connectivity index (χ1) is 9.19. The number of hydrogen-bond acceptors (Lipinski definition) is 2. The van der Waals surface area contributed by atoms with Gasteiger partial charge in [-0.05, 0) is 57.1 Å². The van der Waals surface area contributed by atoms with Crippen LogP contribution in [0, 0.1) is 12.8 Å². The van der Waals surface area contributed by atoms with Gasteiger partial charge in [0.15, 0.2) is 0 Å². The zero-order valence-electron chi connectivity index (χ0n) is 12.2. The van der Waals surface area contributed by atoms with E-state index in [0.29, 0.717) is 6.04 Å². The van der Waals surface area contributed by atoms with E-state index >= 15 is 0 Å². The summed E-state index contributed by atoms with van der Waals surface area (Å²) in [5, 5.41) is 13.3. The first-order valence-corrected chi connectivity index (χ1v) is 7.66. The van der Waals surface area contributed by atoms with E-state index in [2.05, 4.69) is 36.5 Å². The second kappa shape index (κ2) is 7.06. The Balaban J connectivity index is 1.83. The van der Waals surface area contributed by atoms with Crippen LogP contribution < -0.4 is 5.32 Å². The number of benzene rings is 1. The van der Waals surface area contributed by atoms with Crippen LogP contribution in [0.15, 0.2) is 24.3 Å². The molecule has 2 N–H and O–H groups in total. The third-order valence-electron chi connectivity index (χ3n) is 4.08. The molecule has 19 heavy (non-hydrogen) atoms. The minimum absolute atomic E-state index is 0.147. The Labute approximate surface area is 117 Å². The van der Waals surface area contributed by atoms with Crippen molar-refractivity contribution in [3.63, 3.8) is 0 Å². The van der Waals surface area contributed by atoms with E-state index in [1.165, 1.54) is 24.0 Å². The van der Waals surface area contributed by atoms with E-state index in [0.717, 1.165) is 31.7 Å². The molecule has 2 unspecified atom stereocenters. The van der Waals surface area contributed by atoms with Crippen molar-refractivity contribution in [3.05, 3.63) is 35.4 Å². The molecule has 0 bridgehead atoms. The summed E-state index contributed by atoms with van der Waals surface area (Å²) in [4.78, 5) is 0. The lowest BCUT2D eigenvalue weighted by Gasteiger charge is -2.19. The highest BCUT2D eigenvalue weighted by atomic mass is 16.3. The van der Waals surface area contributed by atoms with Crippen molar-refractivity contribution >= 4 is 0 Å². The van der Waals surface area contributed by atoms with E-state index in [-0.39, 0.29) is 6.10 Å². The van der Waals surface area contributed by atoms with E-state index in [9.17, 15) is 5.11 Å². The second-order valence-corrected chi connectivity index (χ2v) is 5.94. The van der Waals surface area contributed by atoms with Gasteiger partial charge in [0, 0.05) is 6.04 Å². The van der Waals surface area contributed by atoms with Crippen LogP contribution in [-0.4, -0.2) is 23.8 Å². The first-order valence-electron chi connectivity index (χ1n) is 7.66. The van der Waals surface area contributed by atoms with Crippen molar-refractivity contribution in [2.75, 3.05) is 6.54 Å². The molecule has 0 aromatic heterocycles. The Morgan fingerprint density at radius 1 is 1.37 bits per heavy atom. The van der Waals surface area contributed by atoms with Gasteiger partial charge in [0.25, 0.3) is 0 Å². The van der Waals surface area contributed by atoms with Gasteiger partial charge in [-0.3, -0.25) is 0 Å². The van der Waals surface area contributed by atoms with Gasteiger partial charge in [-0.15, -0.1) is 0 Å². The fourth-order valence-corrected chi connectivity index (χ4v) is 2.64. The van der Waals surface area contributed by atoms with Crippen LogP contribution >= 0.6 is 0 Å². The first kappa shape index (κ1) is 14.5. The molecule has 0 spiro atoms. The third-order valence-corrected chi connectivity index (χ3v) is 4.08. The van der Waals surface area contributed by atoms with Crippen molar-refractivity contribution in [2.24, 2.45) is 5.92 Å². The molecule has 2 nitrogen and oxygen atoms in total. The molecule has 1 fully saturated rings. The van der Waals surface area contributed by atoms with Crippen molar-refractivity contribution in [3.8, 4) is 0 Å². The highest BCUT2D eigenvalue weighted by Crippen LogP contribution is 2.34. The molecule has 1 aliphatic rings. The van der Waals surface area contributed by atoms with Crippen LogP contribution in [0.1, 0.15) is 43.7 Å². The molecule has 0 heterocycles. The average Bonchev–Trinajstić information content (AvgIpc) is 3.21. The number of aryl methyl sites for hydroxylation is 1. The molecule has 2 atom stereocenters. The molecule has 0 saturated heterocycles. The highest BCUT2D eigenvalue weighted by molar-refractivity contribution is 5.23. The van der Waals surface area contributed by atoms with Crippen LogP contribution in [-0.2, 0) is 6.42 Å². The molecular formula is C17H27NO. The number of aliphatic hydroxyl groups is 1. The summed E-state index contributed by atoms with van der Waals surface area (Å²) < 4.78 is 0. The number of rotatable bonds is 8. The standard InChI is InChI=1S/C17H27NO/c1-3-16(19)9-10-18-17(15-7-8-15)12-14-6-4-5-13(2)11-14/h4-6,11,15-19H,3,7-10,12H2,1-2H3. The highest BCUT2D eigenvalue weighted by Gasteiger charge is 2.30. The van der Waals surface area contributed by atoms with Gasteiger partial charge in [0.1, 0.15) is 0 Å². The third kappa shape index (κ3) is 4.96. The van der Waals surface area contributed by atoms with Crippen molar-refractivity contribution in [1.82, 2.24) is 5.32 Å². The molecule has 0 amide bonds. The smallest absolute Gasteiger partial charge is 0.0549 e. The monoisotopic (exact) mass is 261 g/mol. The summed E-state index contributed by atoms with van der Waals surface area (Å²) in [6.07, 6.45) is 5.42. The van der Waals surface area contributed by atoms with Crippen LogP contribution in [0.2, 0.25) is 0 Å². The Bertz CT molecular complexity index is 387. The Hall–Kier alpha value is -0.860. The van der Waals surface area contributed by atoms with E-state index in [1.54, 1.807) is 0 Å². The molecular weight excluding hydrogens is 234 g/mol. The van der Waals surface area contributed by atoms with Gasteiger partial charge in [0.05, 0.1) is 6.10 Å². The lowest BCUT2D eigenvalue weighted by Crippen LogP contribution is -2.35. The molecule has 106 valence electrons. The Morgan fingerprint density at radius 2 is 2.16 bits per heavy atom. The normalized spacial score (nSPS) is 18.3. The molecule has 0 radical (unpaired) electrons. The van der Waals surface area contributed by atoms with Crippen LogP contribution in [0.4, 0.5) is 0 Å². The summed E-state index contributed by atoms with van der Waals surface area (Å²) in [6, 6.07) is 9.41. The predicted molar refractivity (Wildman–Crippen MR) is 80.3 cm³/mol. The largest absolute Gasteiger partial charge is 0.393 e. The van der Waals surface area contributed by atoms with Crippen LogP contribution in [0.25, 0.3) is 0 Å². The van der Waals surface area contributed by atoms with Gasteiger partial charge in [0.2, 0.25) is 0 Å². The minimum atomic E-state index is -0.147. The van der Waals surface area contributed by atoms with E-state index < -0.39 is 0 Å². The minimum Gasteiger partial charge on any atom is -0.393 e. The molecule has 2 rings (SSSR count). The fraction of sp³-hybridized carbons (Fsp3) is 0.647. The quantitative estimate of drug-likeness (QED) is 0.754. The molecule has 1 aromatic rings. The zero-order chi connectivity index (χ0) is 13.7. The molecule has 2 heteroatoms. The zero-order valence-corrected chi connectivity index (χ0v) is 12.2. The van der Waals surface area contributed by atoms with Crippen molar-refractivity contribution in [1.29, 1.82) is 0 Å². The summed E-state index contributed by atoms with van der Waals surface area (Å²) in [6.45, 7) is 5.12. The number of aliphatic hydroxyl groups excluding tert-OH is 1. The lowest BCUT2D eigenvalue weighted by atomic mass is 10.0. The molecule has 1 aliphatic carbocycles. The summed E-state index contributed by atoms with van der Waals surface area (Å²) in [5.41, 5.74) is 2.77. The van der Waals surface area contributed by atoms with Gasteiger partial charge < -0.3 is 10.4 Å². The fourth-order valence-electron chi connectivity index (χ4n) is 2.64. The van der Waals surface area contributed by atoms with Gasteiger partial charge in [-0.1, -0.05) is 36.8 Å². The maximum Gasteiger partial charge on any atom is 0.0549 e. The second-order valence-electron chi connectivity index (χ2n) is 5.94. The summed E-state index contributed by atoms with van der Waals surface area (Å²) in [7, 11) is 0. The summed E-state index contributed by atoms with van der Waals surface area (Å²) >= 11 is 0. The Kier molecular flexibility index (Phi) is 5.41. The van der Waals surface area contributed by atoms with Gasteiger partial charge in [-0.2, -0.15) is 0 Å². The molecule has 0 aliphatic heterocycles. The molecule has 1 aromatic carbocycles. The Morgan fingerprint density at radius 3 is 2.79 bits per heavy atom. The van der Waals surface area contributed by atoms with Crippen molar-refractivity contribution in [2.45, 2.75) is 58.1 Å². The van der Waals surface area contributed by atoms with E-state index in [1.807, 2.05) is 6.92 Å². The van der Waals surface area contributed by atoms with Gasteiger partial charge >= 0.3 is 0 Å². The maximum absolute atomic E-state index is 9.61. The number of hydrogen-bond donors (Lipinski definition) is 2. The van der Waals surface area contributed by atoms with Crippen LogP contribution in [0.3, 0.4) is 0 Å². The van der Waals surface area contributed by atoms with Crippen molar-refractivity contribution < 1.29 is 5.11 Å². The van der Waals surface area contributed by atoms with E-state index in [4.69, 9.17) is 0 Å². The topological polar surface area (TPSA) is 32.3 Å². The summed E-state index contributed by atoms with van der Waals surface area (Å²) in [5.74, 6) is 0.847. The maximum atomic E-state index is 9.61.